The maximum atomic E-state index is 5.99. The van der Waals surface area contributed by atoms with Crippen LogP contribution in [0, 0.1) is 35.5 Å². The van der Waals surface area contributed by atoms with Crippen molar-refractivity contribution < 1.29 is 4.74 Å². The van der Waals surface area contributed by atoms with E-state index in [0.29, 0.717) is 0 Å². The summed E-state index contributed by atoms with van der Waals surface area (Å²) >= 11 is 0. The monoisotopic (exact) mass is 595 g/mol. The van der Waals surface area contributed by atoms with Gasteiger partial charge in [-0.2, -0.15) is 0 Å². The Balaban J connectivity index is 0.895. The molecule has 248 valence electrons. The van der Waals surface area contributed by atoms with Crippen LogP contribution in [0.1, 0.15) is 194 Å². The Morgan fingerprint density at radius 2 is 0.860 bits per heavy atom. The molecule has 2 fully saturated rings. The average Bonchev–Trinajstić information content (AvgIpc) is 3.07. The lowest BCUT2D eigenvalue weighted by Crippen LogP contribution is -2.15. The SMILES string of the molecule is CCC1CCC(CCC2CC=C(CCCCCOCCCCCC3=CCC(CCC4CCC(CC)CC4)CC3)CC2)CC1. The van der Waals surface area contributed by atoms with Gasteiger partial charge < -0.3 is 4.74 Å². The highest BCUT2D eigenvalue weighted by molar-refractivity contribution is 5.07. The minimum absolute atomic E-state index is 0.980. The summed E-state index contributed by atoms with van der Waals surface area (Å²) in [5, 5.41) is 0. The predicted octanol–water partition coefficient (Wildman–Crippen LogP) is 13.6. The minimum Gasteiger partial charge on any atom is -0.381 e. The lowest BCUT2D eigenvalue weighted by molar-refractivity contribution is 0.126. The van der Waals surface area contributed by atoms with Gasteiger partial charge in [0.25, 0.3) is 0 Å². The number of hydrogen-bond acceptors (Lipinski definition) is 1. The van der Waals surface area contributed by atoms with E-state index in [1.807, 2.05) is 0 Å². The zero-order chi connectivity index (χ0) is 30.0. The van der Waals surface area contributed by atoms with Crippen molar-refractivity contribution in [2.45, 2.75) is 194 Å². The molecule has 0 bridgehead atoms. The van der Waals surface area contributed by atoms with E-state index in [0.717, 1.165) is 48.7 Å². The van der Waals surface area contributed by atoms with E-state index in [1.54, 1.807) is 11.1 Å². The van der Waals surface area contributed by atoms with Crippen molar-refractivity contribution in [3.05, 3.63) is 23.3 Å². The fraction of sp³-hybridized carbons (Fsp3) is 0.905. The third-order valence-corrected chi connectivity index (χ3v) is 12.9. The summed E-state index contributed by atoms with van der Waals surface area (Å²) in [6.45, 7) is 6.73. The van der Waals surface area contributed by atoms with E-state index in [9.17, 15) is 0 Å². The van der Waals surface area contributed by atoms with Gasteiger partial charge >= 0.3 is 0 Å². The van der Waals surface area contributed by atoms with Gasteiger partial charge in [0.1, 0.15) is 0 Å². The van der Waals surface area contributed by atoms with Gasteiger partial charge in [0.15, 0.2) is 0 Å². The highest BCUT2D eigenvalue weighted by Gasteiger charge is 2.23. The third kappa shape index (κ3) is 14.2. The van der Waals surface area contributed by atoms with Crippen LogP contribution in [0.25, 0.3) is 0 Å². The summed E-state index contributed by atoms with van der Waals surface area (Å²) < 4.78 is 5.99. The molecule has 0 heterocycles. The topological polar surface area (TPSA) is 9.23 Å². The molecule has 1 nitrogen and oxygen atoms in total. The summed E-state index contributed by atoms with van der Waals surface area (Å²) in [7, 11) is 0. The maximum absolute atomic E-state index is 5.99. The number of hydrogen-bond donors (Lipinski definition) is 0. The molecule has 4 rings (SSSR count). The lowest BCUT2D eigenvalue weighted by Gasteiger charge is -2.29. The molecule has 0 N–H and O–H groups in total. The first-order chi connectivity index (χ1) is 21.2. The summed E-state index contributed by atoms with van der Waals surface area (Å²) in [6, 6.07) is 0. The van der Waals surface area contributed by atoms with E-state index in [-0.39, 0.29) is 0 Å². The zero-order valence-electron chi connectivity index (χ0n) is 29.2. The summed E-state index contributed by atoms with van der Waals surface area (Å²) in [5.41, 5.74) is 3.54. The predicted molar refractivity (Wildman–Crippen MR) is 189 cm³/mol. The second-order valence-electron chi connectivity index (χ2n) is 16.0. The molecule has 0 aliphatic heterocycles. The van der Waals surface area contributed by atoms with Gasteiger partial charge in [0.05, 0.1) is 0 Å². The first-order valence-corrected chi connectivity index (χ1v) is 20.1. The van der Waals surface area contributed by atoms with Crippen molar-refractivity contribution in [2.24, 2.45) is 35.5 Å². The second kappa shape index (κ2) is 21.3. The van der Waals surface area contributed by atoms with Crippen LogP contribution in [0.3, 0.4) is 0 Å². The Morgan fingerprint density at radius 1 is 0.465 bits per heavy atom. The van der Waals surface area contributed by atoms with Crippen molar-refractivity contribution >= 4 is 0 Å². The molecule has 0 aromatic carbocycles. The smallest absolute Gasteiger partial charge is 0.0466 e. The van der Waals surface area contributed by atoms with E-state index in [1.165, 1.54) is 180 Å². The number of unbranched alkanes of at least 4 members (excludes halogenated alkanes) is 4. The second-order valence-corrected chi connectivity index (χ2v) is 16.0. The van der Waals surface area contributed by atoms with Gasteiger partial charge in [0, 0.05) is 13.2 Å². The van der Waals surface area contributed by atoms with Crippen LogP contribution in [0.4, 0.5) is 0 Å². The molecule has 43 heavy (non-hydrogen) atoms. The summed E-state index contributed by atoms with van der Waals surface area (Å²) in [5.74, 6) is 6.18. The van der Waals surface area contributed by atoms with Gasteiger partial charge in [-0.05, 0) is 125 Å². The fourth-order valence-corrected chi connectivity index (χ4v) is 9.23. The van der Waals surface area contributed by atoms with Crippen molar-refractivity contribution in [3.63, 3.8) is 0 Å². The molecule has 4 aliphatic carbocycles. The minimum atomic E-state index is 0.980. The van der Waals surface area contributed by atoms with Crippen LogP contribution in [-0.2, 0) is 4.74 Å². The van der Waals surface area contributed by atoms with E-state index in [4.69, 9.17) is 4.74 Å². The first kappa shape index (κ1) is 35.3. The molecule has 2 saturated carbocycles. The summed E-state index contributed by atoms with van der Waals surface area (Å²) in [4.78, 5) is 0. The van der Waals surface area contributed by atoms with Crippen LogP contribution in [0.5, 0.6) is 0 Å². The number of rotatable bonds is 20. The lowest BCUT2D eigenvalue weighted by atomic mass is 9.76. The molecule has 0 aromatic rings. The molecule has 0 saturated heterocycles. The van der Waals surface area contributed by atoms with Crippen molar-refractivity contribution in [3.8, 4) is 0 Å². The quantitative estimate of drug-likeness (QED) is 0.101. The van der Waals surface area contributed by atoms with Crippen molar-refractivity contribution in [2.75, 3.05) is 13.2 Å². The largest absolute Gasteiger partial charge is 0.381 e. The third-order valence-electron chi connectivity index (χ3n) is 12.9. The Hall–Kier alpha value is -0.560. The number of ether oxygens (including phenoxy) is 1. The van der Waals surface area contributed by atoms with Gasteiger partial charge in [-0.15, -0.1) is 0 Å². The summed E-state index contributed by atoms with van der Waals surface area (Å²) in [6.07, 6.45) is 45.4. The number of allylic oxidation sites excluding steroid dienone is 4. The van der Waals surface area contributed by atoms with Gasteiger partial charge in [0.2, 0.25) is 0 Å². The molecule has 0 amide bonds. The highest BCUT2D eigenvalue weighted by Crippen LogP contribution is 2.38. The standard InChI is InChI=1S/C42H74O/c1-3-35-13-17-39(18-14-35)29-31-41-25-21-37(22-26-41)11-7-5-9-33-43-34-10-6-8-12-38-23-27-42(28-24-38)32-30-40-19-15-36(4-2)16-20-40/h21,23,35-36,39-42H,3-20,22,24-34H2,1-2H3. The van der Waals surface area contributed by atoms with Crippen LogP contribution in [0.15, 0.2) is 23.3 Å². The molecule has 1 heteroatoms. The van der Waals surface area contributed by atoms with E-state index >= 15 is 0 Å². The van der Waals surface area contributed by atoms with Crippen LogP contribution in [-0.4, -0.2) is 13.2 Å². The van der Waals surface area contributed by atoms with Crippen LogP contribution >= 0.6 is 0 Å². The Bertz CT molecular complexity index is 698. The van der Waals surface area contributed by atoms with Gasteiger partial charge in [-0.1, -0.05) is 127 Å². The Morgan fingerprint density at radius 3 is 1.23 bits per heavy atom. The van der Waals surface area contributed by atoms with Gasteiger partial charge in [-0.3, -0.25) is 0 Å². The van der Waals surface area contributed by atoms with Crippen LogP contribution in [0.2, 0.25) is 0 Å². The average molecular weight is 595 g/mol. The molecular weight excluding hydrogens is 520 g/mol. The first-order valence-electron chi connectivity index (χ1n) is 20.1. The normalized spacial score (nSPS) is 30.2. The fourth-order valence-electron chi connectivity index (χ4n) is 9.23. The van der Waals surface area contributed by atoms with Crippen molar-refractivity contribution in [1.82, 2.24) is 0 Å². The maximum Gasteiger partial charge on any atom is 0.0466 e. The van der Waals surface area contributed by atoms with Crippen molar-refractivity contribution in [1.29, 1.82) is 0 Å². The molecule has 2 unspecified atom stereocenters. The van der Waals surface area contributed by atoms with Crippen LogP contribution < -0.4 is 0 Å². The Kier molecular flexibility index (Phi) is 17.5. The molecule has 0 radical (unpaired) electrons. The van der Waals surface area contributed by atoms with E-state index < -0.39 is 0 Å². The highest BCUT2D eigenvalue weighted by atomic mass is 16.5. The molecule has 2 atom stereocenters. The van der Waals surface area contributed by atoms with E-state index in [2.05, 4.69) is 26.0 Å². The molecule has 0 spiro atoms. The Labute approximate surface area is 269 Å². The zero-order valence-corrected chi connectivity index (χ0v) is 29.2. The molecule has 0 aromatic heterocycles. The van der Waals surface area contributed by atoms with Gasteiger partial charge in [-0.25, -0.2) is 0 Å². The molecule has 4 aliphatic rings. The molecular formula is C42H74O.